The molecule has 7 atom stereocenters. The second-order valence-corrected chi connectivity index (χ2v) is 17.5. The summed E-state index contributed by atoms with van der Waals surface area (Å²) in [6.45, 7) is 9.97. The monoisotopic (exact) mass is 893 g/mol. The number of nitrogens with zero attached hydrogens (tertiary/aromatic N) is 1. The minimum absolute atomic E-state index is 0.0206. The molecule has 0 spiro atoms. The molecule has 0 bridgehead atoms. The first-order valence-electron chi connectivity index (χ1n) is 23.3. The van der Waals surface area contributed by atoms with E-state index in [1.807, 2.05) is 69.3 Å². The lowest BCUT2D eigenvalue weighted by Gasteiger charge is -2.36. The van der Waals surface area contributed by atoms with Gasteiger partial charge in [0.15, 0.2) is 0 Å². The largest absolute Gasteiger partial charge is 0.445 e. The quantitative estimate of drug-likeness (QED) is 0.0507. The van der Waals surface area contributed by atoms with E-state index in [9.17, 15) is 28.8 Å². The fourth-order valence-corrected chi connectivity index (χ4v) is 7.97. The van der Waals surface area contributed by atoms with E-state index in [0.717, 1.165) is 56.1 Å². The fourth-order valence-electron chi connectivity index (χ4n) is 7.97. The first-order chi connectivity index (χ1) is 30.8. The van der Waals surface area contributed by atoms with Gasteiger partial charge in [-0.05, 0) is 55.6 Å². The highest BCUT2D eigenvalue weighted by atomic mass is 16.5. The van der Waals surface area contributed by atoms with Crippen LogP contribution in [0, 0.1) is 17.8 Å². The lowest BCUT2D eigenvalue weighted by molar-refractivity contribution is -0.147. The molecule has 2 aromatic carbocycles. The molecule has 15 heteroatoms. The van der Waals surface area contributed by atoms with Crippen LogP contribution in [-0.2, 0) is 51.4 Å². The van der Waals surface area contributed by atoms with Crippen molar-refractivity contribution < 1.29 is 43.0 Å². The van der Waals surface area contributed by atoms with Gasteiger partial charge in [0.1, 0.15) is 37.1 Å². The van der Waals surface area contributed by atoms with Gasteiger partial charge in [-0.15, -0.1) is 0 Å². The van der Waals surface area contributed by atoms with Gasteiger partial charge in [-0.25, -0.2) is 4.79 Å². The SMILES string of the molecule is CCCCCC[C@@H](OCCN)C(C)C(=O)N(C)C(CC(C)C)C(=O)NC(C(=O)NC(CNC(=O)OCc1ccccc1)C(=O)NC(C=O)C(C)OCc1ccccc1)C1CCCCC1. The highest BCUT2D eigenvalue weighted by molar-refractivity contribution is 5.95. The van der Waals surface area contributed by atoms with Gasteiger partial charge in [0.05, 0.1) is 37.9 Å². The van der Waals surface area contributed by atoms with Crippen molar-refractivity contribution in [3.05, 3.63) is 71.8 Å². The number of hydrogen-bond donors (Lipinski definition) is 5. The molecule has 1 saturated carbocycles. The molecule has 0 heterocycles. The van der Waals surface area contributed by atoms with Crippen molar-refractivity contribution in [2.45, 2.75) is 155 Å². The summed E-state index contributed by atoms with van der Waals surface area (Å²) in [6.07, 6.45) is 7.71. The molecule has 0 aromatic heterocycles. The number of rotatable bonds is 29. The molecule has 1 aliphatic carbocycles. The van der Waals surface area contributed by atoms with Gasteiger partial charge >= 0.3 is 6.09 Å². The molecule has 0 radical (unpaired) electrons. The van der Waals surface area contributed by atoms with Crippen LogP contribution in [0.2, 0.25) is 0 Å². The molecule has 1 aliphatic rings. The third-order valence-electron chi connectivity index (χ3n) is 11.9. The number of amides is 5. The molecule has 0 aliphatic heterocycles. The maximum Gasteiger partial charge on any atom is 0.407 e. The van der Waals surface area contributed by atoms with Gasteiger partial charge in [-0.2, -0.15) is 0 Å². The first-order valence-corrected chi connectivity index (χ1v) is 23.3. The third-order valence-corrected chi connectivity index (χ3v) is 11.9. The van der Waals surface area contributed by atoms with Crippen LogP contribution < -0.4 is 27.0 Å². The number of alkyl carbamates (subject to hydrolysis) is 1. The van der Waals surface area contributed by atoms with Crippen LogP contribution in [-0.4, -0.2) is 104 Å². The highest BCUT2D eigenvalue weighted by Gasteiger charge is 2.39. The summed E-state index contributed by atoms with van der Waals surface area (Å²) >= 11 is 0. The minimum atomic E-state index is -1.39. The molecule has 1 fully saturated rings. The number of hydrogen-bond acceptors (Lipinski definition) is 10. The predicted molar refractivity (Wildman–Crippen MR) is 246 cm³/mol. The lowest BCUT2D eigenvalue weighted by Crippen LogP contribution is -2.62. The number of ether oxygens (including phenoxy) is 3. The van der Waals surface area contributed by atoms with E-state index in [-0.39, 0.29) is 37.1 Å². The summed E-state index contributed by atoms with van der Waals surface area (Å²) in [7, 11) is 1.62. The molecule has 2 aromatic rings. The summed E-state index contributed by atoms with van der Waals surface area (Å²) in [5.74, 6) is -2.92. The Hall–Kier alpha value is -4.86. The van der Waals surface area contributed by atoms with Crippen molar-refractivity contribution in [2.75, 3.05) is 26.7 Å². The number of benzene rings is 2. The van der Waals surface area contributed by atoms with Crippen molar-refractivity contribution in [3.63, 3.8) is 0 Å². The van der Waals surface area contributed by atoms with Crippen molar-refractivity contribution in [2.24, 2.45) is 23.5 Å². The van der Waals surface area contributed by atoms with E-state index in [1.54, 1.807) is 26.1 Å². The standard InChI is InChI=1S/C49H76N6O9/c1-7-8-9-19-26-43(62-28-27-50)35(4)48(60)55(6)42(29-34(2)3)46(58)54-44(39-24-17-12-18-25-39)47(59)52-40(30-51-49(61)64-33-38-22-15-11-16-23-38)45(57)53-41(31-56)36(5)63-32-37-20-13-10-14-21-37/h10-11,13-16,20-23,31,34-36,39-44H,7-9,12,17-19,24-30,32-33,50H2,1-6H3,(H,51,61)(H,52,59)(H,53,57)(H,54,58)/t35?,36?,40?,41?,42?,43-,44?/m1/s1. The summed E-state index contributed by atoms with van der Waals surface area (Å²) < 4.78 is 17.4. The number of aldehydes is 1. The molecule has 0 saturated heterocycles. The second kappa shape index (κ2) is 29.6. The number of nitrogens with one attached hydrogen (secondary N) is 4. The molecule has 6 unspecified atom stereocenters. The summed E-state index contributed by atoms with van der Waals surface area (Å²) in [4.78, 5) is 84.0. The van der Waals surface area contributed by atoms with Crippen molar-refractivity contribution in [1.29, 1.82) is 0 Å². The van der Waals surface area contributed by atoms with E-state index in [0.29, 0.717) is 45.1 Å². The van der Waals surface area contributed by atoms with Crippen LogP contribution in [0.15, 0.2) is 60.7 Å². The van der Waals surface area contributed by atoms with Gasteiger partial charge in [0.25, 0.3) is 0 Å². The van der Waals surface area contributed by atoms with Crippen molar-refractivity contribution >= 4 is 36.0 Å². The minimum Gasteiger partial charge on any atom is -0.445 e. The summed E-state index contributed by atoms with van der Waals surface area (Å²) in [5, 5.41) is 11.1. The molecule has 64 heavy (non-hydrogen) atoms. The van der Waals surface area contributed by atoms with Crippen LogP contribution in [0.4, 0.5) is 4.79 Å². The maximum absolute atomic E-state index is 14.5. The van der Waals surface area contributed by atoms with Crippen molar-refractivity contribution in [1.82, 2.24) is 26.2 Å². The Morgan fingerprint density at radius 2 is 1.44 bits per heavy atom. The summed E-state index contributed by atoms with van der Waals surface area (Å²) in [6, 6.07) is 14.0. The molecule has 356 valence electrons. The van der Waals surface area contributed by atoms with E-state index >= 15 is 0 Å². The molecule has 15 nitrogen and oxygen atoms in total. The lowest BCUT2D eigenvalue weighted by atomic mass is 9.83. The molecule has 3 rings (SSSR count). The molecule has 5 amide bonds. The average molecular weight is 893 g/mol. The predicted octanol–water partition coefficient (Wildman–Crippen LogP) is 5.58. The fraction of sp³-hybridized carbons (Fsp3) is 0.633. The number of carbonyl (C=O) groups is 6. The first kappa shape index (κ1) is 53.5. The Balaban J connectivity index is 1.86. The van der Waals surface area contributed by atoms with E-state index in [1.165, 1.54) is 4.90 Å². The van der Waals surface area contributed by atoms with E-state index in [4.69, 9.17) is 19.9 Å². The second-order valence-electron chi connectivity index (χ2n) is 17.5. The Kier molecular flexibility index (Phi) is 24.7. The molecule has 6 N–H and O–H groups in total. The Labute approximate surface area is 381 Å². The zero-order chi connectivity index (χ0) is 46.9. The summed E-state index contributed by atoms with van der Waals surface area (Å²) in [5.41, 5.74) is 7.40. The van der Waals surface area contributed by atoms with Crippen LogP contribution >= 0.6 is 0 Å². The molecular weight excluding hydrogens is 817 g/mol. The van der Waals surface area contributed by atoms with Gasteiger partial charge in [-0.1, -0.05) is 133 Å². The van der Waals surface area contributed by atoms with Gasteiger partial charge in [0, 0.05) is 13.6 Å². The zero-order valence-electron chi connectivity index (χ0n) is 39.1. The highest BCUT2D eigenvalue weighted by Crippen LogP contribution is 2.28. The topological polar surface area (TPSA) is 207 Å². The molecular formula is C49H76N6O9. The normalized spacial score (nSPS) is 16.2. The van der Waals surface area contributed by atoms with Gasteiger partial charge < -0.3 is 50.9 Å². The Bertz CT molecular complexity index is 1690. The van der Waals surface area contributed by atoms with Crippen LogP contribution in [0.5, 0.6) is 0 Å². The van der Waals surface area contributed by atoms with Gasteiger partial charge in [-0.3, -0.25) is 19.2 Å². The third kappa shape index (κ3) is 18.7. The average Bonchev–Trinajstić information content (AvgIpc) is 3.31. The van der Waals surface area contributed by atoms with Gasteiger partial charge in [0.2, 0.25) is 23.6 Å². The number of nitrogens with two attached hydrogens (primary N) is 1. The van der Waals surface area contributed by atoms with Crippen LogP contribution in [0.25, 0.3) is 0 Å². The number of likely N-dealkylation sites (N-methyl/N-ethyl adjacent to an activating group) is 1. The van der Waals surface area contributed by atoms with Crippen LogP contribution in [0.1, 0.15) is 116 Å². The maximum atomic E-state index is 14.5. The Morgan fingerprint density at radius 1 is 0.797 bits per heavy atom. The van der Waals surface area contributed by atoms with Crippen LogP contribution in [0.3, 0.4) is 0 Å². The smallest absolute Gasteiger partial charge is 0.407 e. The van der Waals surface area contributed by atoms with E-state index in [2.05, 4.69) is 28.2 Å². The number of carbonyl (C=O) groups excluding carboxylic acids is 6. The zero-order valence-corrected chi connectivity index (χ0v) is 39.1. The Morgan fingerprint density at radius 3 is 2.03 bits per heavy atom. The van der Waals surface area contributed by atoms with E-state index < -0.39 is 66.5 Å². The number of unbranched alkanes of at least 4 members (excludes halogenated alkanes) is 3. The van der Waals surface area contributed by atoms with Crippen molar-refractivity contribution in [3.8, 4) is 0 Å².